The fourth-order valence-corrected chi connectivity index (χ4v) is 6.05. The number of benzene rings is 2. The van der Waals surface area contributed by atoms with Gasteiger partial charge in [-0.15, -0.1) is 0 Å². The first-order chi connectivity index (χ1) is 24.4. The van der Waals surface area contributed by atoms with Gasteiger partial charge >= 0.3 is 0 Å². The zero-order valence-corrected chi connectivity index (χ0v) is 29.1. The van der Waals surface area contributed by atoms with Gasteiger partial charge in [-0.1, -0.05) is 25.1 Å². The highest BCUT2D eigenvalue weighted by Crippen LogP contribution is 2.34. The minimum Gasteiger partial charge on any atom is -0.424 e. The van der Waals surface area contributed by atoms with Crippen LogP contribution in [0.15, 0.2) is 47.1 Å². The number of hydrogen-bond donors (Lipinski definition) is 1. The molecule has 0 saturated carbocycles. The molecule has 266 valence electrons. The van der Waals surface area contributed by atoms with Gasteiger partial charge in [-0.2, -0.15) is 10.1 Å². The van der Waals surface area contributed by atoms with Crippen LogP contribution in [0.2, 0.25) is 0 Å². The van der Waals surface area contributed by atoms with Crippen LogP contribution < -0.4 is 10.6 Å². The molecule has 14 nitrogen and oxygen atoms in total. The van der Waals surface area contributed by atoms with Crippen molar-refractivity contribution in [2.45, 2.75) is 39.3 Å². The Morgan fingerprint density at radius 1 is 0.920 bits per heavy atom. The Morgan fingerprint density at radius 2 is 1.66 bits per heavy atom. The van der Waals surface area contributed by atoms with Gasteiger partial charge < -0.3 is 38.9 Å². The Kier molecular flexibility index (Phi) is 11.9. The van der Waals surface area contributed by atoms with Crippen molar-refractivity contribution in [3.05, 3.63) is 59.4 Å². The van der Waals surface area contributed by atoms with Gasteiger partial charge in [0.25, 0.3) is 6.01 Å². The van der Waals surface area contributed by atoms with E-state index in [4.69, 9.17) is 34.2 Å². The number of hydrogen-bond acceptors (Lipinski definition) is 12. The van der Waals surface area contributed by atoms with Crippen LogP contribution in [0.5, 0.6) is 0 Å². The number of fused-ring (bicyclic) bond motifs is 3. The van der Waals surface area contributed by atoms with Gasteiger partial charge in [0.2, 0.25) is 5.91 Å². The van der Waals surface area contributed by atoms with Gasteiger partial charge in [0.1, 0.15) is 23.4 Å². The van der Waals surface area contributed by atoms with Crippen LogP contribution in [0, 0.1) is 0 Å². The molecule has 0 atom stereocenters. The van der Waals surface area contributed by atoms with Gasteiger partial charge in [0.05, 0.1) is 64.6 Å². The van der Waals surface area contributed by atoms with Crippen molar-refractivity contribution in [2.75, 3.05) is 84.1 Å². The fourth-order valence-electron chi connectivity index (χ4n) is 6.05. The van der Waals surface area contributed by atoms with Crippen molar-refractivity contribution >= 4 is 39.9 Å². The van der Waals surface area contributed by atoms with Gasteiger partial charge in [-0.05, 0) is 47.7 Å². The molecule has 2 N–H and O–H groups in total. The van der Waals surface area contributed by atoms with Gasteiger partial charge in [0, 0.05) is 39.4 Å². The minimum absolute atomic E-state index is 0.0951. The van der Waals surface area contributed by atoms with Crippen LogP contribution in [0.1, 0.15) is 36.5 Å². The number of amides is 1. The summed E-state index contributed by atoms with van der Waals surface area (Å²) in [4.78, 5) is 30.4. The number of carbonyl (C=O) groups excluding carboxylic acids is 1. The number of aromatic nitrogens is 5. The molecule has 0 radical (unpaired) electrons. The maximum absolute atomic E-state index is 13.0. The molecule has 3 aromatic heterocycles. The molecule has 1 aliphatic heterocycles. The van der Waals surface area contributed by atoms with E-state index in [0.717, 1.165) is 58.7 Å². The summed E-state index contributed by atoms with van der Waals surface area (Å²) < 4.78 is 29.4. The molecule has 5 aromatic rings. The highest BCUT2D eigenvalue weighted by molar-refractivity contribution is 6.00. The maximum Gasteiger partial charge on any atom is 0.292 e. The highest BCUT2D eigenvalue weighted by atomic mass is 16.6. The number of nitrogen functional groups attached to an aromatic ring is 1. The Hall–Kier alpha value is -4.63. The van der Waals surface area contributed by atoms with Crippen LogP contribution in [-0.4, -0.2) is 109 Å². The van der Waals surface area contributed by atoms with Crippen LogP contribution >= 0.6 is 0 Å². The van der Waals surface area contributed by atoms with Crippen LogP contribution in [0.25, 0.3) is 33.4 Å². The maximum atomic E-state index is 13.0. The molecule has 2 aromatic carbocycles. The zero-order chi connectivity index (χ0) is 34.9. The van der Waals surface area contributed by atoms with E-state index in [1.165, 1.54) is 5.56 Å². The first-order valence-corrected chi connectivity index (χ1v) is 17.2. The predicted molar refractivity (Wildman–Crippen MR) is 190 cm³/mol. The predicted octanol–water partition coefficient (Wildman–Crippen LogP) is 4.08. The molecule has 4 heterocycles. The summed E-state index contributed by atoms with van der Waals surface area (Å²) in [7, 11) is 3.91. The van der Waals surface area contributed by atoms with E-state index >= 15 is 0 Å². The summed E-state index contributed by atoms with van der Waals surface area (Å²) in [6, 6.07) is 12.3. The van der Waals surface area contributed by atoms with Crippen molar-refractivity contribution in [3.8, 4) is 11.3 Å². The van der Waals surface area contributed by atoms with E-state index in [9.17, 15) is 4.79 Å². The largest absolute Gasteiger partial charge is 0.424 e. The summed E-state index contributed by atoms with van der Waals surface area (Å²) in [5.74, 6) is 0.868. The fraction of sp³-hybridized carbons (Fsp3) is 0.472. The van der Waals surface area contributed by atoms with Crippen LogP contribution in [0.4, 0.5) is 11.8 Å². The number of carbonyl (C=O) groups is 1. The number of nitrogens with two attached hydrogens (primary N) is 1. The molecule has 0 unspecified atom stereocenters. The Bertz CT molecular complexity index is 1890. The highest BCUT2D eigenvalue weighted by Gasteiger charge is 2.23. The molecular weight excluding hydrogens is 640 g/mol. The molecule has 1 amide bonds. The van der Waals surface area contributed by atoms with Gasteiger partial charge in [-0.3, -0.25) is 4.79 Å². The lowest BCUT2D eigenvalue weighted by atomic mass is 9.97. The molecule has 1 aliphatic rings. The molecule has 0 aliphatic carbocycles. The number of oxazole rings is 1. The van der Waals surface area contributed by atoms with Gasteiger partial charge in [0.15, 0.2) is 11.2 Å². The lowest BCUT2D eigenvalue weighted by Crippen LogP contribution is -2.36. The monoisotopic (exact) mass is 686 g/mol. The normalized spacial score (nSPS) is 13.0. The van der Waals surface area contributed by atoms with Crippen molar-refractivity contribution in [2.24, 2.45) is 0 Å². The standard InChI is InChI=1S/C36H46N8O6/c1-4-12-46-14-16-48-18-19-49-17-15-47-13-10-31(45)43-11-9-26-20-25(5-6-28(26)23-43)22-44-35-32(34(42(2)3)38-24-39-35)33(41-44)27-7-8-30-29(21-27)40-36(37)50-30/h5-8,20-21,24H,4,9-19,22-23H2,1-3H3,(H2,37,40). The first kappa shape index (κ1) is 35.2. The average molecular weight is 687 g/mol. The number of rotatable bonds is 18. The topological polar surface area (TPSA) is 156 Å². The zero-order valence-electron chi connectivity index (χ0n) is 29.1. The molecule has 14 heteroatoms. The lowest BCUT2D eigenvalue weighted by Gasteiger charge is -2.29. The summed E-state index contributed by atoms with van der Waals surface area (Å²) in [6.07, 6.45) is 3.71. The number of ether oxygens (including phenoxy) is 4. The van der Waals surface area contributed by atoms with E-state index in [1.807, 2.05) is 46.8 Å². The van der Waals surface area contributed by atoms with E-state index in [2.05, 4.69) is 40.1 Å². The number of nitrogens with zero attached hydrogens (tertiary/aromatic N) is 7. The minimum atomic E-state index is 0.0951. The van der Waals surface area contributed by atoms with E-state index in [0.29, 0.717) is 83.4 Å². The molecule has 0 spiro atoms. The summed E-state index contributed by atoms with van der Waals surface area (Å²) in [5.41, 5.74) is 12.9. The van der Waals surface area contributed by atoms with Gasteiger partial charge in [-0.25, -0.2) is 14.6 Å². The molecule has 0 fully saturated rings. The SMILES string of the molecule is CCCOCCOCCOCCOCCC(=O)N1CCc2cc(Cn3nc(-c4ccc5oc(N)nc5c4)c4c(N(C)C)ncnc43)ccc2C1. The van der Waals surface area contributed by atoms with Crippen molar-refractivity contribution in [1.29, 1.82) is 0 Å². The van der Waals surface area contributed by atoms with E-state index in [1.54, 1.807) is 6.33 Å². The third kappa shape index (κ3) is 8.56. The lowest BCUT2D eigenvalue weighted by molar-refractivity contribution is -0.133. The molecule has 0 saturated heterocycles. The summed E-state index contributed by atoms with van der Waals surface area (Å²) >= 11 is 0. The summed E-state index contributed by atoms with van der Waals surface area (Å²) in [5, 5.41) is 5.90. The van der Waals surface area contributed by atoms with E-state index < -0.39 is 0 Å². The Morgan fingerprint density at radius 3 is 2.40 bits per heavy atom. The Balaban J connectivity index is 1.03. The first-order valence-electron chi connectivity index (χ1n) is 17.2. The molecular formula is C36H46N8O6. The van der Waals surface area contributed by atoms with Crippen LogP contribution in [0.3, 0.4) is 0 Å². The third-order valence-corrected chi connectivity index (χ3v) is 8.50. The molecule has 6 rings (SSSR count). The molecule has 0 bridgehead atoms. The quantitative estimate of drug-likeness (QED) is 0.132. The smallest absolute Gasteiger partial charge is 0.292 e. The number of anilines is 2. The van der Waals surface area contributed by atoms with Crippen LogP contribution in [-0.2, 0) is 43.3 Å². The third-order valence-electron chi connectivity index (χ3n) is 8.50. The summed E-state index contributed by atoms with van der Waals surface area (Å²) in [6.45, 7) is 8.12. The van der Waals surface area contributed by atoms with Crippen molar-refractivity contribution in [3.63, 3.8) is 0 Å². The average Bonchev–Trinajstić information content (AvgIpc) is 3.68. The second kappa shape index (κ2) is 16.9. The molecule has 50 heavy (non-hydrogen) atoms. The van der Waals surface area contributed by atoms with Crippen molar-refractivity contribution < 1.29 is 28.2 Å². The van der Waals surface area contributed by atoms with Crippen molar-refractivity contribution in [1.82, 2.24) is 29.6 Å². The van der Waals surface area contributed by atoms with E-state index in [-0.39, 0.29) is 11.9 Å². The Labute approximate surface area is 291 Å². The second-order valence-corrected chi connectivity index (χ2v) is 12.4. The second-order valence-electron chi connectivity index (χ2n) is 12.4.